The van der Waals surface area contributed by atoms with Gasteiger partial charge < -0.3 is 4.74 Å². The summed E-state index contributed by atoms with van der Waals surface area (Å²) in [4.78, 5) is 8.46. The summed E-state index contributed by atoms with van der Waals surface area (Å²) >= 11 is 1.50. The van der Waals surface area contributed by atoms with Crippen LogP contribution in [-0.2, 0) is 0 Å². The Morgan fingerprint density at radius 3 is 2.69 bits per heavy atom. The zero-order chi connectivity index (χ0) is 10.8. The zero-order valence-corrected chi connectivity index (χ0v) is 9.15. The van der Waals surface area contributed by atoms with E-state index in [0.29, 0.717) is 5.19 Å². The number of hydrogen-bond acceptors (Lipinski definition) is 4. The summed E-state index contributed by atoms with van der Waals surface area (Å²) < 4.78 is 6.67. The molecule has 2 aromatic heterocycles. The number of fused-ring (bicyclic) bond motifs is 1. The van der Waals surface area contributed by atoms with E-state index in [1.165, 1.54) is 11.3 Å². The molecule has 3 rings (SSSR count). The second kappa shape index (κ2) is 3.90. The first-order valence-electron chi connectivity index (χ1n) is 4.86. The number of aromatic nitrogens is 2. The lowest BCUT2D eigenvalue weighted by molar-refractivity contribution is 0.480. The van der Waals surface area contributed by atoms with Gasteiger partial charge in [-0.1, -0.05) is 29.5 Å². The summed E-state index contributed by atoms with van der Waals surface area (Å²) in [6.45, 7) is 0. The maximum absolute atomic E-state index is 5.63. The molecule has 0 saturated carbocycles. The highest BCUT2D eigenvalue weighted by molar-refractivity contribution is 7.20. The van der Waals surface area contributed by atoms with Crippen LogP contribution in [0.2, 0.25) is 0 Å². The van der Waals surface area contributed by atoms with Gasteiger partial charge in [0.1, 0.15) is 5.75 Å². The van der Waals surface area contributed by atoms with Gasteiger partial charge in [-0.3, -0.25) is 0 Å². The third kappa shape index (κ3) is 1.75. The maximum Gasteiger partial charge on any atom is 0.281 e. The lowest BCUT2D eigenvalue weighted by Gasteiger charge is -1.98. The van der Waals surface area contributed by atoms with Crippen LogP contribution >= 0.6 is 11.3 Å². The maximum atomic E-state index is 5.63. The third-order valence-electron chi connectivity index (χ3n) is 2.09. The summed E-state index contributed by atoms with van der Waals surface area (Å²) in [6, 6.07) is 13.5. The minimum atomic E-state index is 0.625. The van der Waals surface area contributed by atoms with Crippen molar-refractivity contribution in [3.05, 3.63) is 48.7 Å². The van der Waals surface area contributed by atoms with Gasteiger partial charge in [0.2, 0.25) is 0 Å². The van der Waals surface area contributed by atoms with Gasteiger partial charge in [0.15, 0.2) is 5.65 Å². The molecule has 0 amide bonds. The van der Waals surface area contributed by atoms with Crippen LogP contribution in [0, 0.1) is 0 Å². The Hall–Kier alpha value is -1.94. The van der Waals surface area contributed by atoms with Crippen molar-refractivity contribution in [3.63, 3.8) is 0 Å². The molecule has 0 aliphatic carbocycles. The number of rotatable bonds is 2. The van der Waals surface area contributed by atoms with Crippen LogP contribution in [0.3, 0.4) is 0 Å². The van der Waals surface area contributed by atoms with Gasteiger partial charge in [0.25, 0.3) is 5.19 Å². The van der Waals surface area contributed by atoms with Crippen molar-refractivity contribution >= 4 is 21.7 Å². The molecular formula is C12H8N2OS. The number of pyridine rings is 1. The first kappa shape index (κ1) is 9.30. The average molecular weight is 228 g/mol. The molecule has 0 atom stereocenters. The van der Waals surface area contributed by atoms with Crippen molar-refractivity contribution in [2.45, 2.75) is 0 Å². The van der Waals surface area contributed by atoms with Crippen LogP contribution in [0.1, 0.15) is 0 Å². The number of ether oxygens (including phenoxy) is 1. The number of thiazole rings is 1. The second-order valence-corrected chi connectivity index (χ2v) is 4.21. The van der Waals surface area contributed by atoms with Crippen LogP contribution in [0.4, 0.5) is 0 Å². The fourth-order valence-electron chi connectivity index (χ4n) is 1.38. The Morgan fingerprint density at radius 2 is 1.88 bits per heavy atom. The van der Waals surface area contributed by atoms with Crippen molar-refractivity contribution < 1.29 is 4.74 Å². The molecule has 0 unspecified atom stereocenters. The molecule has 3 aromatic rings. The molecule has 0 aliphatic heterocycles. The SMILES string of the molecule is c1ccc(Oc2nc3ncccc3s2)cc1. The van der Waals surface area contributed by atoms with Crippen LogP contribution in [-0.4, -0.2) is 9.97 Å². The standard InChI is InChI=1S/C12H8N2OS/c1-2-5-9(6-3-1)15-12-14-11-10(16-12)7-4-8-13-11/h1-8H. The first-order chi connectivity index (χ1) is 7.92. The molecule has 78 valence electrons. The molecule has 3 nitrogen and oxygen atoms in total. The number of para-hydroxylation sites is 1. The Balaban J connectivity index is 1.95. The predicted molar refractivity (Wildman–Crippen MR) is 63.9 cm³/mol. The van der Waals surface area contributed by atoms with E-state index in [-0.39, 0.29) is 0 Å². The monoisotopic (exact) mass is 228 g/mol. The minimum absolute atomic E-state index is 0.625. The molecule has 0 spiro atoms. The van der Waals surface area contributed by atoms with E-state index >= 15 is 0 Å². The van der Waals surface area contributed by atoms with Gasteiger partial charge in [0, 0.05) is 6.20 Å². The van der Waals surface area contributed by atoms with Crippen molar-refractivity contribution in [1.82, 2.24) is 9.97 Å². The van der Waals surface area contributed by atoms with E-state index in [0.717, 1.165) is 16.1 Å². The Labute approximate surface area is 96.4 Å². The zero-order valence-electron chi connectivity index (χ0n) is 8.33. The molecule has 4 heteroatoms. The molecule has 0 bridgehead atoms. The van der Waals surface area contributed by atoms with E-state index in [9.17, 15) is 0 Å². The van der Waals surface area contributed by atoms with Gasteiger partial charge in [-0.15, -0.1) is 0 Å². The fraction of sp³-hybridized carbons (Fsp3) is 0. The van der Waals surface area contributed by atoms with E-state index in [1.807, 2.05) is 42.5 Å². The number of nitrogens with zero attached hydrogens (tertiary/aromatic N) is 2. The predicted octanol–water partition coefficient (Wildman–Crippen LogP) is 3.48. The second-order valence-electron chi connectivity index (χ2n) is 3.22. The van der Waals surface area contributed by atoms with E-state index in [4.69, 9.17) is 4.74 Å². The number of hydrogen-bond donors (Lipinski definition) is 0. The Morgan fingerprint density at radius 1 is 1.00 bits per heavy atom. The van der Waals surface area contributed by atoms with Crippen LogP contribution in [0.5, 0.6) is 10.9 Å². The Bertz CT molecular complexity index is 573. The summed E-state index contributed by atoms with van der Waals surface area (Å²) in [5.74, 6) is 0.793. The molecule has 0 N–H and O–H groups in total. The highest BCUT2D eigenvalue weighted by Crippen LogP contribution is 2.29. The lowest BCUT2D eigenvalue weighted by atomic mass is 10.3. The molecule has 0 fully saturated rings. The van der Waals surface area contributed by atoms with E-state index < -0.39 is 0 Å². The molecule has 1 aromatic carbocycles. The quantitative estimate of drug-likeness (QED) is 0.673. The van der Waals surface area contributed by atoms with Crippen molar-refractivity contribution in [1.29, 1.82) is 0 Å². The molecule has 16 heavy (non-hydrogen) atoms. The Kier molecular flexibility index (Phi) is 2.27. The summed E-state index contributed by atoms with van der Waals surface area (Å²) in [7, 11) is 0. The van der Waals surface area contributed by atoms with Gasteiger partial charge in [-0.25, -0.2) is 4.98 Å². The van der Waals surface area contributed by atoms with Gasteiger partial charge in [0.05, 0.1) is 4.70 Å². The molecule has 0 saturated heterocycles. The first-order valence-corrected chi connectivity index (χ1v) is 5.68. The number of benzene rings is 1. The average Bonchev–Trinajstić information content (AvgIpc) is 2.72. The molecular weight excluding hydrogens is 220 g/mol. The van der Waals surface area contributed by atoms with Crippen LogP contribution in [0.15, 0.2) is 48.7 Å². The van der Waals surface area contributed by atoms with Crippen molar-refractivity contribution in [3.8, 4) is 10.9 Å². The summed E-state index contributed by atoms with van der Waals surface area (Å²) in [5, 5.41) is 0.625. The van der Waals surface area contributed by atoms with Crippen molar-refractivity contribution in [2.24, 2.45) is 0 Å². The van der Waals surface area contributed by atoms with Gasteiger partial charge in [-0.2, -0.15) is 4.98 Å². The van der Waals surface area contributed by atoms with Gasteiger partial charge in [-0.05, 0) is 24.3 Å². The third-order valence-corrected chi connectivity index (χ3v) is 2.98. The molecule has 0 radical (unpaired) electrons. The summed E-state index contributed by atoms with van der Waals surface area (Å²) in [5.41, 5.74) is 0.735. The molecule has 2 heterocycles. The highest BCUT2D eigenvalue weighted by atomic mass is 32.1. The normalized spacial score (nSPS) is 10.5. The highest BCUT2D eigenvalue weighted by Gasteiger charge is 2.05. The van der Waals surface area contributed by atoms with Crippen LogP contribution in [0.25, 0.3) is 10.3 Å². The topological polar surface area (TPSA) is 35.0 Å². The fourth-order valence-corrected chi connectivity index (χ4v) is 2.18. The van der Waals surface area contributed by atoms with E-state index in [1.54, 1.807) is 6.20 Å². The van der Waals surface area contributed by atoms with Crippen molar-refractivity contribution in [2.75, 3.05) is 0 Å². The van der Waals surface area contributed by atoms with E-state index in [2.05, 4.69) is 9.97 Å². The lowest BCUT2D eigenvalue weighted by Crippen LogP contribution is -1.81. The largest absolute Gasteiger partial charge is 0.431 e. The minimum Gasteiger partial charge on any atom is -0.431 e. The molecule has 0 aliphatic rings. The smallest absolute Gasteiger partial charge is 0.281 e. The van der Waals surface area contributed by atoms with Gasteiger partial charge >= 0.3 is 0 Å². The van der Waals surface area contributed by atoms with Crippen LogP contribution < -0.4 is 4.74 Å². The summed E-state index contributed by atoms with van der Waals surface area (Å²) in [6.07, 6.45) is 1.73.